The zero-order valence-electron chi connectivity index (χ0n) is 23.0. The molecule has 1 fully saturated rings. The van der Waals surface area contributed by atoms with Crippen LogP contribution in [-0.2, 0) is 11.3 Å². The maximum absolute atomic E-state index is 12.6. The summed E-state index contributed by atoms with van der Waals surface area (Å²) in [5, 5.41) is 8.30. The molecule has 3 aromatic rings. The molecule has 0 bridgehead atoms. The number of allylic oxidation sites excluding steroid dienone is 1. The molecular weight excluding hydrogens is 496 g/mol. The fourth-order valence-electron chi connectivity index (χ4n) is 4.66. The van der Waals surface area contributed by atoms with E-state index in [4.69, 9.17) is 14.2 Å². The Labute approximate surface area is 229 Å². The van der Waals surface area contributed by atoms with Crippen LogP contribution in [0.25, 0.3) is 0 Å². The molecule has 39 heavy (non-hydrogen) atoms. The van der Waals surface area contributed by atoms with Crippen LogP contribution in [0.15, 0.2) is 60.8 Å². The van der Waals surface area contributed by atoms with Crippen molar-refractivity contribution < 1.29 is 23.8 Å². The standard InChI is InChI=1S/C30H36N4O5/c1-5-38-30(36)28-29(34(32-31-28)20-21-6-14-25(37-4)15-7-21)39-26-16-12-23(13-17-26)22-8-10-24(11-9-22)27(35)18-19-33(2)3/h6-11,14-15,18-19,23,26H,5,12-13,16-17,20H2,1-4H3/b19-18+. The average molecular weight is 533 g/mol. The Morgan fingerprint density at radius 2 is 1.72 bits per heavy atom. The zero-order chi connectivity index (χ0) is 27.8. The molecule has 1 aliphatic carbocycles. The summed E-state index contributed by atoms with van der Waals surface area (Å²) in [6.07, 6.45) is 6.79. The van der Waals surface area contributed by atoms with Crippen molar-refractivity contribution >= 4 is 11.8 Å². The highest BCUT2D eigenvalue weighted by Gasteiger charge is 2.29. The molecular formula is C30H36N4O5. The minimum Gasteiger partial charge on any atom is -0.497 e. The summed E-state index contributed by atoms with van der Waals surface area (Å²) in [5.41, 5.74) is 2.97. The van der Waals surface area contributed by atoms with E-state index < -0.39 is 5.97 Å². The molecule has 0 N–H and O–H groups in total. The van der Waals surface area contributed by atoms with Gasteiger partial charge in [-0.25, -0.2) is 9.48 Å². The number of ether oxygens (including phenoxy) is 3. The molecule has 2 aromatic carbocycles. The number of esters is 1. The van der Waals surface area contributed by atoms with Crippen LogP contribution >= 0.6 is 0 Å². The maximum atomic E-state index is 12.6. The summed E-state index contributed by atoms with van der Waals surface area (Å²) < 4.78 is 18.4. The molecule has 1 heterocycles. The monoisotopic (exact) mass is 532 g/mol. The van der Waals surface area contributed by atoms with Crippen LogP contribution in [-0.4, -0.2) is 65.6 Å². The molecule has 0 amide bonds. The highest BCUT2D eigenvalue weighted by Crippen LogP contribution is 2.35. The average Bonchev–Trinajstić information content (AvgIpc) is 3.34. The fraction of sp³-hybridized carbons (Fsp3) is 0.400. The normalized spacial score (nSPS) is 17.1. The molecule has 0 radical (unpaired) electrons. The Hall–Kier alpha value is -4.14. The molecule has 1 aromatic heterocycles. The van der Waals surface area contributed by atoms with E-state index in [2.05, 4.69) is 22.4 Å². The molecule has 9 heteroatoms. The van der Waals surface area contributed by atoms with Crippen LogP contribution in [0.4, 0.5) is 0 Å². The van der Waals surface area contributed by atoms with E-state index in [1.165, 1.54) is 5.56 Å². The Morgan fingerprint density at radius 1 is 1.03 bits per heavy atom. The number of methoxy groups -OCH3 is 1. The van der Waals surface area contributed by atoms with Gasteiger partial charge >= 0.3 is 5.97 Å². The van der Waals surface area contributed by atoms with Crippen LogP contribution in [0, 0.1) is 0 Å². The van der Waals surface area contributed by atoms with E-state index in [0.29, 0.717) is 23.9 Å². The molecule has 0 aliphatic heterocycles. The lowest BCUT2D eigenvalue weighted by Crippen LogP contribution is -2.25. The Morgan fingerprint density at radius 3 is 2.33 bits per heavy atom. The van der Waals surface area contributed by atoms with Crippen molar-refractivity contribution in [1.29, 1.82) is 0 Å². The molecule has 4 rings (SSSR count). The van der Waals surface area contributed by atoms with Gasteiger partial charge in [-0.3, -0.25) is 4.79 Å². The van der Waals surface area contributed by atoms with Crippen LogP contribution < -0.4 is 9.47 Å². The molecule has 0 spiro atoms. The van der Waals surface area contributed by atoms with E-state index in [-0.39, 0.29) is 24.2 Å². The summed E-state index contributed by atoms with van der Waals surface area (Å²) >= 11 is 0. The van der Waals surface area contributed by atoms with Gasteiger partial charge in [0.25, 0.3) is 0 Å². The fourth-order valence-corrected chi connectivity index (χ4v) is 4.66. The van der Waals surface area contributed by atoms with Gasteiger partial charge in [-0.05, 0) is 61.8 Å². The van der Waals surface area contributed by atoms with Crippen molar-refractivity contribution in [2.75, 3.05) is 27.8 Å². The summed E-state index contributed by atoms with van der Waals surface area (Å²) in [7, 11) is 5.39. The van der Waals surface area contributed by atoms with E-state index in [0.717, 1.165) is 37.0 Å². The molecule has 0 unspecified atom stereocenters. The van der Waals surface area contributed by atoms with Gasteiger partial charge in [0.1, 0.15) is 11.9 Å². The molecule has 0 atom stereocenters. The van der Waals surface area contributed by atoms with Crippen molar-refractivity contribution in [3.63, 3.8) is 0 Å². The van der Waals surface area contributed by atoms with Crippen molar-refractivity contribution in [3.8, 4) is 11.6 Å². The van der Waals surface area contributed by atoms with Crippen molar-refractivity contribution in [2.24, 2.45) is 0 Å². The first-order chi connectivity index (χ1) is 18.9. The predicted molar refractivity (Wildman–Crippen MR) is 147 cm³/mol. The Balaban J connectivity index is 1.42. The maximum Gasteiger partial charge on any atom is 0.364 e. The highest BCUT2D eigenvalue weighted by atomic mass is 16.5. The lowest BCUT2D eigenvalue weighted by molar-refractivity contribution is 0.0507. The van der Waals surface area contributed by atoms with Gasteiger partial charge in [0.2, 0.25) is 11.6 Å². The van der Waals surface area contributed by atoms with Crippen molar-refractivity contribution in [2.45, 2.75) is 51.2 Å². The van der Waals surface area contributed by atoms with Gasteiger partial charge < -0.3 is 19.1 Å². The first-order valence-electron chi connectivity index (χ1n) is 13.3. The zero-order valence-corrected chi connectivity index (χ0v) is 23.0. The predicted octanol–water partition coefficient (Wildman–Crippen LogP) is 4.87. The minimum absolute atomic E-state index is 0.00961. The number of carbonyl (C=O) groups excluding carboxylic acids is 2. The van der Waals surface area contributed by atoms with Gasteiger partial charge in [0, 0.05) is 31.9 Å². The summed E-state index contributed by atoms with van der Waals surface area (Å²) in [6.45, 7) is 2.39. The van der Waals surface area contributed by atoms with E-state index >= 15 is 0 Å². The van der Waals surface area contributed by atoms with Gasteiger partial charge in [-0.2, -0.15) is 0 Å². The third-order valence-electron chi connectivity index (χ3n) is 6.79. The summed E-state index contributed by atoms with van der Waals surface area (Å²) in [5.74, 6) is 0.932. The van der Waals surface area contributed by atoms with Crippen molar-refractivity contribution in [1.82, 2.24) is 19.9 Å². The lowest BCUT2D eigenvalue weighted by atomic mass is 9.82. The minimum atomic E-state index is -0.544. The SMILES string of the molecule is CCOC(=O)c1nnn(Cc2ccc(OC)cc2)c1OC1CCC(c2ccc(C(=O)/C=C/N(C)C)cc2)CC1. The van der Waals surface area contributed by atoms with Crippen LogP contribution in [0.5, 0.6) is 11.6 Å². The third-order valence-corrected chi connectivity index (χ3v) is 6.79. The lowest BCUT2D eigenvalue weighted by Gasteiger charge is -2.29. The summed E-state index contributed by atoms with van der Waals surface area (Å²) in [6, 6.07) is 15.5. The quantitative estimate of drug-likeness (QED) is 0.196. The topological polar surface area (TPSA) is 95.8 Å². The number of benzene rings is 2. The molecule has 1 saturated carbocycles. The first-order valence-corrected chi connectivity index (χ1v) is 13.3. The number of carbonyl (C=O) groups is 2. The third kappa shape index (κ3) is 7.25. The molecule has 9 nitrogen and oxygen atoms in total. The number of ketones is 1. The van der Waals surface area contributed by atoms with Crippen LogP contribution in [0.3, 0.4) is 0 Å². The number of nitrogens with zero attached hydrogens (tertiary/aromatic N) is 4. The second-order valence-electron chi connectivity index (χ2n) is 9.83. The van der Waals surface area contributed by atoms with Gasteiger partial charge in [-0.1, -0.05) is 41.6 Å². The number of rotatable bonds is 11. The van der Waals surface area contributed by atoms with Gasteiger partial charge in [0.15, 0.2) is 5.78 Å². The second-order valence-corrected chi connectivity index (χ2v) is 9.83. The largest absolute Gasteiger partial charge is 0.497 e. The van der Waals surface area contributed by atoms with E-state index in [9.17, 15) is 9.59 Å². The van der Waals surface area contributed by atoms with Gasteiger partial charge in [-0.15, -0.1) is 5.10 Å². The molecule has 206 valence electrons. The van der Waals surface area contributed by atoms with Gasteiger partial charge in [0.05, 0.1) is 20.3 Å². The van der Waals surface area contributed by atoms with E-state index in [1.807, 2.05) is 55.4 Å². The van der Waals surface area contributed by atoms with Crippen molar-refractivity contribution in [3.05, 3.63) is 83.2 Å². The first kappa shape index (κ1) is 27.9. The summed E-state index contributed by atoms with van der Waals surface area (Å²) in [4.78, 5) is 26.8. The highest BCUT2D eigenvalue weighted by molar-refractivity contribution is 6.04. The molecule has 0 saturated heterocycles. The second kappa shape index (κ2) is 13.1. The smallest absolute Gasteiger partial charge is 0.364 e. The Bertz CT molecular complexity index is 1270. The van der Waals surface area contributed by atoms with Crippen LogP contribution in [0.1, 0.15) is 70.5 Å². The molecule has 1 aliphatic rings. The number of hydrogen-bond acceptors (Lipinski definition) is 8. The van der Waals surface area contributed by atoms with Crippen LogP contribution in [0.2, 0.25) is 0 Å². The van der Waals surface area contributed by atoms with E-state index in [1.54, 1.807) is 31.0 Å². The Kier molecular flexibility index (Phi) is 9.35. The number of aromatic nitrogens is 3. The number of hydrogen-bond donors (Lipinski definition) is 0.